The van der Waals surface area contributed by atoms with Crippen LogP contribution in [0, 0.1) is 6.92 Å². The number of aromatic nitrogens is 2. The van der Waals surface area contributed by atoms with E-state index in [0.717, 1.165) is 29.5 Å². The summed E-state index contributed by atoms with van der Waals surface area (Å²) < 4.78 is 1.70. The summed E-state index contributed by atoms with van der Waals surface area (Å²) in [4.78, 5) is 25.6. The van der Waals surface area contributed by atoms with Gasteiger partial charge in [0.05, 0.1) is 5.56 Å². The van der Waals surface area contributed by atoms with Gasteiger partial charge in [0, 0.05) is 29.7 Å². The van der Waals surface area contributed by atoms with Crippen molar-refractivity contribution in [3.8, 4) is 11.1 Å². The first-order valence-electron chi connectivity index (χ1n) is 9.39. The normalized spacial score (nSPS) is 13.4. The van der Waals surface area contributed by atoms with Crippen molar-refractivity contribution in [1.29, 1.82) is 0 Å². The smallest absolute Gasteiger partial charge is 0.276 e. The molecule has 6 nitrogen and oxygen atoms in total. The third-order valence-electron chi connectivity index (χ3n) is 4.72. The molecule has 3 aromatic rings. The average molecular weight is 395 g/mol. The highest BCUT2D eigenvalue weighted by molar-refractivity contribution is 7.15. The van der Waals surface area contributed by atoms with Crippen LogP contribution in [0.1, 0.15) is 46.2 Å². The highest BCUT2D eigenvalue weighted by Crippen LogP contribution is 2.36. The number of hydrogen-bond acceptors (Lipinski definition) is 4. The summed E-state index contributed by atoms with van der Waals surface area (Å²) in [6.45, 7) is 4.68. The third-order valence-corrected chi connectivity index (χ3v) is 5.61. The molecular formula is C21H22N4O2S. The molecular weight excluding hydrogens is 372 g/mol. The van der Waals surface area contributed by atoms with Crippen molar-refractivity contribution >= 4 is 28.2 Å². The van der Waals surface area contributed by atoms with Crippen molar-refractivity contribution < 1.29 is 9.59 Å². The fourth-order valence-corrected chi connectivity index (χ4v) is 3.89. The number of carbonyl (C=O) groups excluding carboxylic acids is 2. The minimum Gasteiger partial charge on any atom is -0.349 e. The minimum absolute atomic E-state index is 0.145. The van der Waals surface area contributed by atoms with E-state index in [4.69, 9.17) is 0 Å². The van der Waals surface area contributed by atoms with Gasteiger partial charge in [0.1, 0.15) is 5.00 Å². The summed E-state index contributed by atoms with van der Waals surface area (Å²) in [5, 5.41) is 12.6. The second kappa shape index (κ2) is 7.59. The van der Waals surface area contributed by atoms with Gasteiger partial charge in [-0.05, 0) is 38.3 Å². The second-order valence-electron chi connectivity index (χ2n) is 6.98. The summed E-state index contributed by atoms with van der Waals surface area (Å²) in [5.74, 6) is -0.460. The van der Waals surface area contributed by atoms with E-state index in [-0.39, 0.29) is 17.9 Å². The predicted octanol–water partition coefficient (Wildman–Crippen LogP) is 4.08. The first-order chi connectivity index (χ1) is 13.5. The predicted molar refractivity (Wildman–Crippen MR) is 111 cm³/mol. The molecule has 4 rings (SSSR count). The monoisotopic (exact) mass is 394 g/mol. The molecule has 1 saturated carbocycles. The van der Waals surface area contributed by atoms with Gasteiger partial charge in [-0.1, -0.05) is 29.8 Å². The van der Waals surface area contributed by atoms with Crippen LogP contribution in [0.5, 0.6) is 0 Å². The lowest BCUT2D eigenvalue weighted by molar-refractivity contribution is 0.0953. The largest absolute Gasteiger partial charge is 0.349 e. The van der Waals surface area contributed by atoms with Crippen LogP contribution in [-0.4, -0.2) is 27.6 Å². The Hall–Kier alpha value is -2.93. The van der Waals surface area contributed by atoms with E-state index in [2.05, 4.69) is 15.7 Å². The second-order valence-corrected chi connectivity index (χ2v) is 7.86. The van der Waals surface area contributed by atoms with Crippen molar-refractivity contribution in [2.75, 3.05) is 5.32 Å². The molecule has 28 heavy (non-hydrogen) atoms. The first-order valence-corrected chi connectivity index (χ1v) is 10.3. The van der Waals surface area contributed by atoms with Crippen LogP contribution in [0.2, 0.25) is 0 Å². The molecule has 2 aromatic heterocycles. The van der Waals surface area contributed by atoms with Gasteiger partial charge in [-0.2, -0.15) is 5.10 Å². The zero-order chi connectivity index (χ0) is 19.7. The van der Waals surface area contributed by atoms with Gasteiger partial charge in [0.2, 0.25) is 0 Å². The summed E-state index contributed by atoms with van der Waals surface area (Å²) >= 11 is 1.36. The summed E-state index contributed by atoms with van der Waals surface area (Å²) in [5.41, 5.74) is 3.80. The number of benzene rings is 1. The van der Waals surface area contributed by atoms with Crippen LogP contribution in [0.3, 0.4) is 0 Å². The van der Waals surface area contributed by atoms with E-state index in [1.165, 1.54) is 11.3 Å². The Morgan fingerprint density at radius 3 is 2.57 bits per heavy atom. The topological polar surface area (TPSA) is 76.0 Å². The molecule has 0 bridgehead atoms. The molecule has 144 valence electrons. The molecule has 0 radical (unpaired) electrons. The van der Waals surface area contributed by atoms with Crippen LogP contribution in [0.4, 0.5) is 5.00 Å². The van der Waals surface area contributed by atoms with E-state index in [9.17, 15) is 9.59 Å². The van der Waals surface area contributed by atoms with Crippen molar-refractivity contribution in [3.63, 3.8) is 0 Å². The molecule has 1 aromatic carbocycles. The van der Waals surface area contributed by atoms with E-state index in [0.29, 0.717) is 22.8 Å². The van der Waals surface area contributed by atoms with Gasteiger partial charge >= 0.3 is 0 Å². The Kier molecular flexibility index (Phi) is 5.00. The molecule has 0 spiro atoms. The minimum atomic E-state index is -0.315. The molecule has 0 aliphatic heterocycles. The zero-order valence-corrected chi connectivity index (χ0v) is 16.7. The average Bonchev–Trinajstić information content (AvgIpc) is 3.20. The number of amides is 2. The standard InChI is InChI=1S/C21H22N4O2S/c1-3-25-11-10-17(24-25)19(26)23-21-18(20(27)22-15-8-9-15)16(12-28-21)14-6-4-13(2)5-7-14/h4-7,10-12,15H,3,8-9H2,1-2H3,(H,22,27)(H,23,26). The van der Waals surface area contributed by atoms with Gasteiger partial charge in [-0.3, -0.25) is 14.3 Å². The highest BCUT2D eigenvalue weighted by atomic mass is 32.1. The number of anilines is 1. The highest BCUT2D eigenvalue weighted by Gasteiger charge is 2.28. The molecule has 0 atom stereocenters. The van der Waals surface area contributed by atoms with E-state index in [1.807, 2.05) is 43.5 Å². The van der Waals surface area contributed by atoms with Crippen LogP contribution < -0.4 is 10.6 Å². The fraction of sp³-hybridized carbons (Fsp3) is 0.286. The molecule has 2 heterocycles. The number of hydrogen-bond donors (Lipinski definition) is 2. The Morgan fingerprint density at radius 1 is 1.18 bits per heavy atom. The van der Waals surface area contributed by atoms with Crippen molar-refractivity contribution in [3.05, 3.63) is 58.7 Å². The molecule has 0 saturated heterocycles. The molecule has 1 aliphatic rings. The molecule has 0 unspecified atom stereocenters. The SMILES string of the molecule is CCn1ccc(C(=O)Nc2scc(-c3ccc(C)cc3)c2C(=O)NC2CC2)n1. The lowest BCUT2D eigenvalue weighted by atomic mass is 10.0. The van der Waals surface area contributed by atoms with Gasteiger partial charge < -0.3 is 10.6 Å². The Bertz CT molecular complexity index is 1020. The molecule has 1 aliphatic carbocycles. The Balaban J connectivity index is 1.66. The lowest BCUT2D eigenvalue weighted by Gasteiger charge is -2.09. The van der Waals surface area contributed by atoms with Gasteiger partial charge in [-0.15, -0.1) is 11.3 Å². The van der Waals surface area contributed by atoms with Crippen LogP contribution in [-0.2, 0) is 6.54 Å². The maximum atomic E-state index is 12.9. The third kappa shape index (κ3) is 3.84. The summed E-state index contributed by atoms with van der Waals surface area (Å²) in [6.07, 6.45) is 3.78. The van der Waals surface area contributed by atoms with E-state index < -0.39 is 0 Å². The quantitative estimate of drug-likeness (QED) is 0.661. The van der Waals surface area contributed by atoms with Crippen LogP contribution in [0.15, 0.2) is 41.9 Å². The number of aryl methyl sites for hydroxylation is 2. The summed E-state index contributed by atoms with van der Waals surface area (Å²) in [7, 11) is 0. The molecule has 7 heteroatoms. The maximum Gasteiger partial charge on any atom is 0.276 e. The van der Waals surface area contributed by atoms with Crippen molar-refractivity contribution in [1.82, 2.24) is 15.1 Å². The Morgan fingerprint density at radius 2 is 1.93 bits per heavy atom. The number of carbonyl (C=O) groups is 2. The molecule has 2 amide bonds. The summed E-state index contributed by atoms with van der Waals surface area (Å²) in [6, 6.07) is 9.95. The Labute approximate surface area is 167 Å². The van der Waals surface area contributed by atoms with Crippen LogP contribution >= 0.6 is 11.3 Å². The van der Waals surface area contributed by atoms with E-state index in [1.54, 1.807) is 16.9 Å². The fourth-order valence-electron chi connectivity index (χ4n) is 2.93. The van der Waals surface area contributed by atoms with Gasteiger partial charge in [-0.25, -0.2) is 0 Å². The maximum absolute atomic E-state index is 12.9. The number of rotatable bonds is 6. The number of thiophene rings is 1. The van der Waals surface area contributed by atoms with Crippen molar-refractivity contribution in [2.45, 2.75) is 39.3 Å². The first kappa shape index (κ1) is 18.4. The van der Waals surface area contributed by atoms with Gasteiger partial charge in [0.25, 0.3) is 11.8 Å². The van der Waals surface area contributed by atoms with Gasteiger partial charge in [0.15, 0.2) is 5.69 Å². The molecule has 2 N–H and O–H groups in total. The number of nitrogens with one attached hydrogen (secondary N) is 2. The van der Waals surface area contributed by atoms with E-state index >= 15 is 0 Å². The number of nitrogens with zero attached hydrogens (tertiary/aromatic N) is 2. The molecule has 1 fully saturated rings. The zero-order valence-electron chi connectivity index (χ0n) is 15.9. The van der Waals surface area contributed by atoms with Crippen LogP contribution in [0.25, 0.3) is 11.1 Å². The lowest BCUT2D eigenvalue weighted by Crippen LogP contribution is -2.26. The van der Waals surface area contributed by atoms with Crippen molar-refractivity contribution in [2.24, 2.45) is 0 Å².